The molecule has 5 aliphatic carbocycles. The molecule has 0 radical (unpaired) electrons. The highest BCUT2D eigenvalue weighted by Gasteiger charge is 2.61. The molecule has 0 atom stereocenters. The predicted octanol–water partition coefficient (Wildman–Crippen LogP) is 12.2. The normalized spacial score (nSPS) is 24.7. The van der Waals surface area contributed by atoms with E-state index in [1.54, 1.807) is 11.1 Å². The van der Waals surface area contributed by atoms with E-state index in [0.717, 1.165) is 35.0 Å². The SMILES string of the molecule is c1ccc(-c2ccc(N(c3ccccc3)c3ccc(-c4ccc5c(c4)C4(c6ccccc6-5)C5CC6CC(C5)CC4C6)cc3)cc2)cc1. The molecular weight excluding hydrogens is 567 g/mol. The first kappa shape index (κ1) is 27.3. The lowest BCUT2D eigenvalue weighted by Crippen LogP contribution is -2.55. The van der Waals surface area contributed by atoms with Crippen molar-refractivity contribution in [3.8, 4) is 33.4 Å². The van der Waals surface area contributed by atoms with Gasteiger partial charge in [-0.3, -0.25) is 0 Å². The Balaban J connectivity index is 1.03. The number of hydrogen-bond donors (Lipinski definition) is 0. The summed E-state index contributed by atoms with van der Waals surface area (Å²) in [6, 6.07) is 56.4. The molecule has 4 saturated carbocycles. The van der Waals surface area contributed by atoms with E-state index in [1.807, 2.05) is 0 Å². The first-order valence-electron chi connectivity index (χ1n) is 17.6. The van der Waals surface area contributed by atoms with E-state index in [1.165, 1.54) is 71.2 Å². The first-order chi connectivity index (χ1) is 23.3. The third-order valence-electron chi connectivity index (χ3n) is 12.3. The summed E-state index contributed by atoms with van der Waals surface area (Å²) >= 11 is 0. The van der Waals surface area contributed by atoms with Crippen molar-refractivity contribution in [1.29, 1.82) is 0 Å². The predicted molar refractivity (Wildman–Crippen MR) is 195 cm³/mol. The smallest absolute Gasteiger partial charge is 0.0462 e. The van der Waals surface area contributed by atoms with E-state index < -0.39 is 0 Å². The third kappa shape index (κ3) is 4.15. The van der Waals surface area contributed by atoms with E-state index in [9.17, 15) is 0 Å². The molecule has 0 N–H and O–H groups in total. The van der Waals surface area contributed by atoms with E-state index >= 15 is 0 Å². The number of nitrogens with zero attached hydrogens (tertiary/aromatic N) is 1. The lowest BCUT2D eigenvalue weighted by Gasteiger charge is -2.61. The summed E-state index contributed by atoms with van der Waals surface area (Å²) < 4.78 is 0. The molecule has 0 aliphatic heterocycles. The lowest BCUT2D eigenvalue weighted by atomic mass is 9.43. The van der Waals surface area contributed by atoms with Gasteiger partial charge in [0.25, 0.3) is 0 Å². The van der Waals surface area contributed by atoms with E-state index in [4.69, 9.17) is 0 Å². The van der Waals surface area contributed by atoms with Crippen molar-refractivity contribution in [3.63, 3.8) is 0 Å². The summed E-state index contributed by atoms with van der Waals surface area (Å²) in [4.78, 5) is 2.36. The van der Waals surface area contributed by atoms with Gasteiger partial charge in [-0.25, -0.2) is 0 Å². The molecule has 6 aromatic carbocycles. The van der Waals surface area contributed by atoms with Crippen LogP contribution in [0.4, 0.5) is 17.1 Å². The largest absolute Gasteiger partial charge is 0.311 e. The van der Waals surface area contributed by atoms with Crippen molar-refractivity contribution >= 4 is 17.1 Å². The van der Waals surface area contributed by atoms with Gasteiger partial charge in [0, 0.05) is 22.5 Å². The summed E-state index contributed by atoms with van der Waals surface area (Å²) in [5, 5.41) is 0. The summed E-state index contributed by atoms with van der Waals surface area (Å²) in [6.45, 7) is 0. The maximum atomic E-state index is 2.60. The Morgan fingerprint density at radius 1 is 0.383 bits per heavy atom. The van der Waals surface area contributed by atoms with Crippen LogP contribution in [0.3, 0.4) is 0 Å². The van der Waals surface area contributed by atoms with Crippen LogP contribution in [0, 0.1) is 23.7 Å². The topological polar surface area (TPSA) is 3.24 Å². The van der Waals surface area contributed by atoms with Crippen LogP contribution in [0.15, 0.2) is 152 Å². The Bertz CT molecular complexity index is 2050. The van der Waals surface area contributed by atoms with E-state index in [2.05, 4.69) is 157 Å². The Kier molecular flexibility index (Phi) is 6.13. The molecular formula is C46H39N. The van der Waals surface area contributed by atoms with Gasteiger partial charge in [0.05, 0.1) is 0 Å². The highest BCUT2D eigenvalue weighted by Crippen LogP contribution is 2.69. The van der Waals surface area contributed by atoms with Gasteiger partial charge >= 0.3 is 0 Å². The molecule has 1 heteroatoms. The number of rotatable bonds is 5. The van der Waals surface area contributed by atoms with Crippen molar-refractivity contribution in [2.45, 2.75) is 37.5 Å². The molecule has 47 heavy (non-hydrogen) atoms. The minimum Gasteiger partial charge on any atom is -0.311 e. The molecule has 0 heterocycles. The Morgan fingerprint density at radius 2 is 0.851 bits per heavy atom. The van der Waals surface area contributed by atoms with Gasteiger partial charge < -0.3 is 4.90 Å². The molecule has 0 saturated heterocycles. The molecule has 1 nitrogen and oxygen atoms in total. The molecule has 0 aromatic heterocycles. The van der Waals surface area contributed by atoms with Crippen LogP contribution in [0.2, 0.25) is 0 Å². The molecule has 5 aliphatic rings. The highest BCUT2D eigenvalue weighted by atomic mass is 15.1. The lowest BCUT2D eigenvalue weighted by molar-refractivity contribution is -0.0399. The number of para-hydroxylation sites is 1. The maximum Gasteiger partial charge on any atom is 0.0462 e. The number of benzene rings is 6. The first-order valence-corrected chi connectivity index (χ1v) is 17.6. The van der Waals surface area contributed by atoms with Gasteiger partial charge in [-0.05, 0) is 143 Å². The summed E-state index contributed by atoms with van der Waals surface area (Å²) in [5.41, 5.74) is 15.0. The van der Waals surface area contributed by atoms with Gasteiger partial charge in [-0.1, -0.05) is 109 Å². The molecule has 11 rings (SSSR count). The number of fused-ring (bicyclic) bond motifs is 3. The minimum atomic E-state index is 0.200. The summed E-state index contributed by atoms with van der Waals surface area (Å²) in [7, 11) is 0. The van der Waals surface area contributed by atoms with Gasteiger partial charge in [0.15, 0.2) is 0 Å². The Morgan fingerprint density at radius 3 is 1.49 bits per heavy atom. The molecule has 0 unspecified atom stereocenters. The fraction of sp³-hybridized carbons (Fsp3) is 0.217. The van der Waals surface area contributed by atoms with Crippen LogP contribution in [0.1, 0.15) is 43.2 Å². The zero-order valence-electron chi connectivity index (χ0n) is 26.7. The fourth-order valence-electron chi connectivity index (χ4n) is 10.6. The molecule has 228 valence electrons. The van der Waals surface area contributed by atoms with Crippen LogP contribution in [0.5, 0.6) is 0 Å². The zero-order valence-corrected chi connectivity index (χ0v) is 26.7. The number of hydrogen-bond acceptors (Lipinski definition) is 1. The second-order valence-corrected chi connectivity index (χ2v) is 14.6. The van der Waals surface area contributed by atoms with Crippen LogP contribution in [0.25, 0.3) is 33.4 Å². The van der Waals surface area contributed by atoms with Gasteiger partial charge in [-0.15, -0.1) is 0 Å². The zero-order chi connectivity index (χ0) is 31.0. The highest BCUT2D eigenvalue weighted by molar-refractivity contribution is 5.85. The average molecular weight is 606 g/mol. The maximum absolute atomic E-state index is 2.60. The van der Waals surface area contributed by atoms with Crippen molar-refractivity contribution < 1.29 is 0 Å². The van der Waals surface area contributed by atoms with Crippen molar-refractivity contribution in [3.05, 3.63) is 163 Å². The second kappa shape index (κ2) is 10.6. The van der Waals surface area contributed by atoms with Crippen molar-refractivity contribution in [1.82, 2.24) is 0 Å². The van der Waals surface area contributed by atoms with Crippen LogP contribution < -0.4 is 4.90 Å². The van der Waals surface area contributed by atoms with E-state index in [-0.39, 0.29) is 5.41 Å². The average Bonchev–Trinajstić information content (AvgIpc) is 3.42. The quantitative estimate of drug-likeness (QED) is 0.189. The summed E-state index contributed by atoms with van der Waals surface area (Å²) in [5.74, 6) is 3.48. The molecule has 1 spiro atoms. The Labute approximate surface area is 278 Å². The third-order valence-corrected chi connectivity index (χ3v) is 12.3. The van der Waals surface area contributed by atoms with Gasteiger partial charge in [-0.2, -0.15) is 0 Å². The van der Waals surface area contributed by atoms with Gasteiger partial charge in [0.1, 0.15) is 0 Å². The molecule has 4 bridgehead atoms. The van der Waals surface area contributed by atoms with Crippen molar-refractivity contribution in [2.24, 2.45) is 23.7 Å². The standard InChI is InChI=1S/C46H39N/c1-3-9-33(10-4-1)34-15-20-40(21-16-34)47(39-11-5-2-6-12-39)41-22-17-35(18-23-41)36-19-24-43-42-13-7-8-14-44(42)46(45(43)30-36)37-26-31-25-32(28-37)29-38(46)27-31/h1-24,30-32,37-38H,25-29H2. The molecule has 6 aromatic rings. The minimum absolute atomic E-state index is 0.200. The van der Waals surface area contributed by atoms with Crippen LogP contribution in [-0.2, 0) is 5.41 Å². The Hall–Kier alpha value is -4.88. The molecule has 0 amide bonds. The van der Waals surface area contributed by atoms with Crippen LogP contribution in [-0.4, -0.2) is 0 Å². The fourth-order valence-corrected chi connectivity index (χ4v) is 10.6. The van der Waals surface area contributed by atoms with Crippen molar-refractivity contribution in [2.75, 3.05) is 4.90 Å². The summed E-state index contributed by atoms with van der Waals surface area (Å²) in [6.07, 6.45) is 7.16. The van der Waals surface area contributed by atoms with E-state index in [0.29, 0.717) is 0 Å². The molecule has 4 fully saturated rings. The monoisotopic (exact) mass is 605 g/mol. The number of anilines is 3. The second-order valence-electron chi connectivity index (χ2n) is 14.6. The van der Waals surface area contributed by atoms with Gasteiger partial charge in [0.2, 0.25) is 0 Å². The van der Waals surface area contributed by atoms with Crippen LogP contribution >= 0.6 is 0 Å².